The molecule has 6 rings (SSSR count). The van der Waals surface area contributed by atoms with E-state index in [1.165, 1.54) is 18.4 Å². The Labute approximate surface area is 235 Å². The van der Waals surface area contributed by atoms with E-state index < -0.39 is 20.7 Å². The summed E-state index contributed by atoms with van der Waals surface area (Å²) in [4.78, 5) is 0.381. The molecule has 0 aromatic heterocycles. The molecule has 5 nitrogen and oxygen atoms in total. The maximum absolute atomic E-state index is 14.1. The third-order valence-electron chi connectivity index (χ3n) is 12.4. The molecular weight excluding hydrogens is 508 g/mol. The number of hydrogen-bond acceptors (Lipinski definition) is 5. The molecule has 2 N–H and O–H groups in total. The first-order chi connectivity index (χ1) is 18.6. The lowest BCUT2D eigenvalue weighted by atomic mass is 9.47. The Morgan fingerprint density at radius 2 is 1.72 bits per heavy atom. The van der Waals surface area contributed by atoms with Gasteiger partial charge in [0.1, 0.15) is 0 Å². The van der Waals surface area contributed by atoms with Crippen LogP contribution in [-0.2, 0) is 14.6 Å². The molecule has 1 aliphatic heterocycles. The number of fused-ring (bicyclic) bond motifs is 5. The third kappa shape index (κ3) is 4.85. The molecule has 5 aliphatic rings. The van der Waals surface area contributed by atoms with Crippen molar-refractivity contribution in [3.05, 3.63) is 42.0 Å². The second kappa shape index (κ2) is 10.3. The Morgan fingerprint density at radius 3 is 2.46 bits per heavy atom. The molecule has 8 unspecified atom stereocenters. The van der Waals surface area contributed by atoms with Gasteiger partial charge in [0, 0.05) is 13.2 Å². The van der Waals surface area contributed by atoms with Crippen molar-refractivity contribution < 1.29 is 23.4 Å². The van der Waals surface area contributed by atoms with Crippen molar-refractivity contribution in [1.29, 1.82) is 0 Å². The van der Waals surface area contributed by atoms with Crippen LogP contribution in [0.4, 0.5) is 0 Å². The molecule has 1 aromatic carbocycles. The Hall–Kier alpha value is -1.21. The number of hydrogen-bond donors (Lipinski definition) is 2. The predicted molar refractivity (Wildman–Crippen MR) is 153 cm³/mol. The normalized spacial score (nSPS) is 40.6. The van der Waals surface area contributed by atoms with E-state index in [9.17, 15) is 18.6 Å². The highest BCUT2D eigenvalue weighted by molar-refractivity contribution is 7.92. The fourth-order valence-corrected chi connectivity index (χ4v) is 11.9. The van der Waals surface area contributed by atoms with E-state index in [-0.39, 0.29) is 16.9 Å². The number of sulfone groups is 1. The van der Waals surface area contributed by atoms with Crippen molar-refractivity contribution in [2.75, 3.05) is 13.2 Å². The largest absolute Gasteiger partial charge is 0.393 e. The summed E-state index contributed by atoms with van der Waals surface area (Å²) in [6, 6.07) is 8.90. The first kappa shape index (κ1) is 27.9. The van der Waals surface area contributed by atoms with Gasteiger partial charge in [-0.05, 0) is 124 Å². The smallest absolute Gasteiger partial charge is 0.181 e. The molecule has 8 atom stereocenters. The van der Waals surface area contributed by atoms with Gasteiger partial charge >= 0.3 is 0 Å². The van der Waals surface area contributed by atoms with Gasteiger partial charge in [-0.1, -0.05) is 43.7 Å². The maximum Gasteiger partial charge on any atom is 0.181 e. The van der Waals surface area contributed by atoms with Crippen LogP contribution in [0.1, 0.15) is 90.9 Å². The van der Waals surface area contributed by atoms with Crippen molar-refractivity contribution >= 4 is 9.84 Å². The van der Waals surface area contributed by atoms with Crippen LogP contribution in [0.5, 0.6) is 0 Å². The standard InChI is InChI=1S/C33H48O5S/c1-31-14-12-25(34)20-23(31)8-10-28-29-11-9-24(32(29,2)15-13-30(28)31)21-27(22-33(35)16-18-38-19-17-33)39(36,37)26-6-4-3-5-7-26/h3-8,24-25,27-30,34-35H,9-22H2,1-2H3. The zero-order valence-electron chi connectivity index (χ0n) is 23.9. The molecule has 0 bridgehead atoms. The Kier molecular flexibility index (Phi) is 7.35. The minimum atomic E-state index is -3.58. The second-order valence-electron chi connectivity index (χ2n) is 14.2. The lowest BCUT2D eigenvalue weighted by Gasteiger charge is -2.58. The van der Waals surface area contributed by atoms with Gasteiger partial charge < -0.3 is 14.9 Å². The van der Waals surface area contributed by atoms with E-state index in [2.05, 4.69) is 19.9 Å². The van der Waals surface area contributed by atoms with Crippen LogP contribution in [0.2, 0.25) is 0 Å². The van der Waals surface area contributed by atoms with Crippen molar-refractivity contribution in [3.63, 3.8) is 0 Å². The van der Waals surface area contributed by atoms with Crippen LogP contribution in [0.3, 0.4) is 0 Å². The number of ether oxygens (including phenoxy) is 1. The van der Waals surface area contributed by atoms with Crippen LogP contribution in [0.15, 0.2) is 46.9 Å². The summed E-state index contributed by atoms with van der Waals surface area (Å²) in [5.41, 5.74) is 0.873. The fourth-order valence-electron chi connectivity index (χ4n) is 9.96. The average Bonchev–Trinajstić information content (AvgIpc) is 3.25. The topological polar surface area (TPSA) is 83.8 Å². The summed E-state index contributed by atoms with van der Waals surface area (Å²) in [5.74, 6) is 2.30. The number of rotatable bonds is 6. The minimum absolute atomic E-state index is 0.139. The minimum Gasteiger partial charge on any atom is -0.393 e. The number of aliphatic hydroxyl groups is 2. The molecule has 1 saturated heterocycles. The first-order valence-corrected chi connectivity index (χ1v) is 17.1. The van der Waals surface area contributed by atoms with Crippen LogP contribution in [0.25, 0.3) is 0 Å². The van der Waals surface area contributed by atoms with Gasteiger partial charge in [0.2, 0.25) is 0 Å². The maximum atomic E-state index is 14.1. The van der Waals surface area contributed by atoms with Crippen molar-refractivity contribution in [2.45, 2.75) is 113 Å². The molecule has 0 radical (unpaired) electrons. The van der Waals surface area contributed by atoms with Gasteiger partial charge in [-0.3, -0.25) is 0 Å². The van der Waals surface area contributed by atoms with E-state index in [1.807, 2.05) is 6.07 Å². The molecule has 0 spiro atoms. The van der Waals surface area contributed by atoms with Crippen LogP contribution in [0, 0.1) is 34.5 Å². The first-order valence-electron chi connectivity index (χ1n) is 15.5. The summed E-state index contributed by atoms with van der Waals surface area (Å²) in [5, 5.41) is 21.2. The number of benzene rings is 1. The lowest BCUT2D eigenvalue weighted by Crippen LogP contribution is -2.50. The number of allylic oxidation sites excluding steroid dienone is 1. The van der Waals surface area contributed by atoms with Crippen molar-refractivity contribution in [1.82, 2.24) is 0 Å². The zero-order valence-corrected chi connectivity index (χ0v) is 24.7. The molecule has 3 saturated carbocycles. The molecule has 1 aromatic rings. The molecule has 0 amide bonds. The van der Waals surface area contributed by atoms with Gasteiger partial charge in [-0.15, -0.1) is 0 Å². The lowest BCUT2D eigenvalue weighted by molar-refractivity contribution is -0.0716. The Morgan fingerprint density at radius 1 is 0.974 bits per heavy atom. The molecule has 39 heavy (non-hydrogen) atoms. The van der Waals surface area contributed by atoms with Crippen LogP contribution >= 0.6 is 0 Å². The van der Waals surface area contributed by atoms with Crippen molar-refractivity contribution in [2.24, 2.45) is 34.5 Å². The Bertz CT molecular complexity index is 1170. The van der Waals surface area contributed by atoms with Crippen LogP contribution < -0.4 is 0 Å². The molecule has 6 heteroatoms. The summed E-state index contributed by atoms with van der Waals surface area (Å²) < 4.78 is 33.7. The fraction of sp³-hybridized carbons (Fsp3) is 0.758. The van der Waals surface area contributed by atoms with Gasteiger partial charge in [0.15, 0.2) is 9.84 Å². The highest BCUT2D eigenvalue weighted by Gasteiger charge is 2.59. The van der Waals surface area contributed by atoms with Crippen molar-refractivity contribution in [3.8, 4) is 0 Å². The van der Waals surface area contributed by atoms with Gasteiger partial charge in [0.05, 0.1) is 21.9 Å². The monoisotopic (exact) mass is 556 g/mol. The molecule has 4 fully saturated rings. The molecule has 216 valence electrons. The van der Waals surface area contributed by atoms with E-state index in [0.29, 0.717) is 67.5 Å². The van der Waals surface area contributed by atoms with E-state index >= 15 is 0 Å². The van der Waals surface area contributed by atoms with Gasteiger partial charge in [0.25, 0.3) is 0 Å². The molecule has 4 aliphatic carbocycles. The van der Waals surface area contributed by atoms with Gasteiger partial charge in [-0.2, -0.15) is 0 Å². The van der Waals surface area contributed by atoms with Gasteiger partial charge in [-0.25, -0.2) is 8.42 Å². The summed E-state index contributed by atoms with van der Waals surface area (Å²) in [6.07, 6.45) is 12.8. The summed E-state index contributed by atoms with van der Waals surface area (Å²) in [7, 11) is -3.58. The van der Waals surface area contributed by atoms with E-state index in [4.69, 9.17) is 4.74 Å². The molecule has 1 heterocycles. The summed E-state index contributed by atoms with van der Waals surface area (Å²) in [6.45, 7) is 5.92. The second-order valence-corrected chi connectivity index (χ2v) is 16.5. The van der Waals surface area contributed by atoms with E-state index in [0.717, 1.165) is 38.5 Å². The zero-order chi connectivity index (χ0) is 27.5. The predicted octanol–water partition coefficient (Wildman–Crippen LogP) is 6.09. The third-order valence-corrected chi connectivity index (χ3v) is 14.5. The summed E-state index contributed by atoms with van der Waals surface area (Å²) >= 11 is 0. The Balaban J connectivity index is 1.26. The highest BCUT2D eigenvalue weighted by Crippen LogP contribution is 2.67. The molecular formula is C33H48O5S. The quantitative estimate of drug-likeness (QED) is 0.414. The van der Waals surface area contributed by atoms with E-state index in [1.54, 1.807) is 24.3 Å². The SMILES string of the molecule is CC12CCC(O)CC1=CCC1C2CCC2(C)C(CC(CC3(O)CCOCC3)S(=O)(=O)c3ccccc3)CCC12. The average molecular weight is 557 g/mol. The van der Waals surface area contributed by atoms with Crippen LogP contribution in [-0.4, -0.2) is 48.8 Å². The number of aliphatic hydroxyl groups excluding tert-OH is 1. The highest BCUT2D eigenvalue weighted by atomic mass is 32.2.